The van der Waals surface area contributed by atoms with Gasteiger partial charge in [-0.05, 0) is 171 Å². The van der Waals surface area contributed by atoms with Gasteiger partial charge in [-0.2, -0.15) is 0 Å². The second-order valence-corrected chi connectivity index (χ2v) is 28.1. The maximum Gasteiger partial charge on any atom is 0.235 e. The molecule has 1 aliphatic carbocycles. The van der Waals surface area contributed by atoms with Gasteiger partial charge in [0.15, 0.2) is 0 Å². The Morgan fingerprint density at radius 3 is 1.12 bits per heavy atom. The van der Waals surface area contributed by atoms with Gasteiger partial charge in [0, 0.05) is 84.1 Å². The average Bonchev–Trinajstić information content (AvgIpc) is 1.55. The van der Waals surface area contributed by atoms with E-state index < -0.39 is 0 Å². The highest BCUT2D eigenvalue weighted by Gasteiger charge is 2.28. The van der Waals surface area contributed by atoms with Crippen LogP contribution in [0.25, 0.3) is 173 Å². The molecule has 2 aliphatic rings. The molecular weight excluding hydrogens is 1310 g/mol. The van der Waals surface area contributed by atoms with E-state index in [1.54, 1.807) is 0 Å². The number of hydrogen-bond acceptors (Lipinski definition) is 5. The van der Waals surface area contributed by atoms with Crippen molar-refractivity contribution in [3.05, 3.63) is 393 Å². The molecule has 0 unspecified atom stereocenters. The zero-order valence-electron chi connectivity index (χ0n) is 59.2. The van der Waals surface area contributed by atoms with Gasteiger partial charge in [0.05, 0.1) is 56.2 Å². The average molecular weight is 1380 g/mol. The highest BCUT2D eigenvalue weighted by atomic mass is 15.2. The van der Waals surface area contributed by atoms with E-state index in [1.807, 2.05) is 0 Å². The fraction of sp³-hybridized carbons (Fsp3) is 0.0297. The lowest BCUT2D eigenvalue weighted by atomic mass is 9.86. The molecule has 20 rings (SSSR count). The molecule has 508 valence electrons. The lowest BCUT2D eigenvalue weighted by Crippen LogP contribution is -2.18. The molecule has 0 atom stereocenters. The molecule has 0 radical (unpaired) electrons. The number of rotatable bonds is 13. The molecule has 0 fully saturated rings. The van der Waals surface area contributed by atoms with Crippen LogP contribution in [-0.4, -0.2) is 35.6 Å². The molecule has 7 heteroatoms. The zero-order chi connectivity index (χ0) is 71.6. The van der Waals surface area contributed by atoms with Crippen LogP contribution in [0.3, 0.4) is 0 Å². The second kappa shape index (κ2) is 26.8. The van der Waals surface area contributed by atoms with Crippen molar-refractivity contribution in [3.8, 4) is 124 Å². The van der Waals surface area contributed by atoms with Crippen LogP contribution in [0.4, 0.5) is 11.4 Å². The van der Waals surface area contributed by atoms with E-state index >= 15 is 0 Å². The largest absolute Gasteiger partial charge is 0.337 e. The third-order valence-electron chi connectivity index (χ3n) is 21.5. The minimum Gasteiger partial charge on any atom is -0.337 e. The Bertz CT molecular complexity index is 6410. The van der Waals surface area contributed by atoms with Crippen molar-refractivity contribution in [1.82, 2.24) is 29.1 Å². The molecule has 0 N–H and O–H groups in total. The molecule has 13 aromatic carbocycles. The first-order valence-electron chi connectivity index (χ1n) is 37.0. The van der Waals surface area contributed by atoms with Crippen molar-refractivity contribution in [2.75, 3.05) is 11.4 Å². The summed E-state index contributed by atoms with van der Waals surface area (Å²) in [5, 5.41) is 4.81. The van der Waals surface area contributed by atoms with E-state index in [0.717, 1.165) is 175 Å². The number of anilines is 2. The van der Waals surface area contributed by atoms with Gasteiger partial charge in [0.1, 0.15) is 0 Å². The van der Waals surface area contributed by atoms with Gasteiger partial charge in [-0.1, -0.05) is 280 Å². The number of aryl methyl sites for hydroxylation is 2. The highest BCUT2D eigenvalue weighted by Crippen LogP contribution is 2.48. The standard InChI is InChI=1S/C101H69N7/c1-66-29-9-8-28-50-106(94-45-25-22-42-85(66)94)83-55-75(53-81(57-83)90-61-79(67-30-10-2-11-31-67)59-88(102-90)69-34-14-4-15-35-69)77-51-73-48-49-74-52-78(64-98-100(74)99(73)97(63-77)108(98)101-104-92(71-38-18-6-19-39-71)65-93(105-101)72-40-20-7-21-41-72)76-54-82(58-84(56-76)107-95-46-26-23-43-86(95)87-44-24-27-47-96(87)107)91-62-80(68-32-12-3-13-33-68)60-89(103-91)70-36-16-5-17-37-70/h2-47,51-65H,1,48-50H2/b28-8-,29-9-. The predicted molar refractivity (Wildman–Crippen MR) is 449 cm³/mol. The normalized spacial score (nSPS) is 13.2. The maximum absolute atomic E-state index is 5.74. The van der Waals surface area contributed by atoms with Gasteiger partial charge < -0.3 is 9.47 Å². The van der Waals surface area contributed by atoms with Crippen LogP contribution >= 0.6 is 0 Å². The molecule has 5 aromatic heterocycles. The van der Waals surface area contributed by atoms with E-state index in [0.29, 0.717) is 12.5 Å². The smallest absolute Gasteiger partial charge is 0.235 e. The summed E-state index contributed by atoms with van der Waals surface area (Å²) in [4.78, 5) is 25.1. The van der Waals surface area contributed by atoms with Crippen molar-refractivity contribution in [2.45, 2.75) is 12.8 Å². The zero-order valence-corrected chi connectivity index (χ0v) is 59.2. The van der Waals surface area contributed by atoms with E-state index in [9.17, 15) is 0 Å². The lowest BCUT2D eigenvalue weighted by molar-refractivity contribution is 0.970. The monoisotopic (exact) mass is 1380 g/mol. The number of pyridine rings is 2. The first kappa shape index (κ1) is 63.5. The number of aromatic nitrogens is 6. The molecule has 108 heavy (non-hydrogen) atoms. The summed E-state index contributed by atoms with van der Waals surface area (Å²) in [7, 11) is 0. The Morgan fingerprint density at radius 2 is 0.639 bits per heavy atom. The summed E-state index contributed by atoms with van der Waals surface area (Å²) >= 11 is 0. The summed E-state index contributed by atoms with van der Waals surface area (Å²) in [6, 6.07) is 125. The summed E-state index contributed by atoms with van der Waals surface area (Å²) in [6.07, 6.45) is 10.2. The van der Waals surface area contributed by atoms with Gasteiger partial charge in [-0.25, -0.2) is 19.9 Å². The third kappa shape index (κ3) is 11.6. The quantitative estimate of drug-likeness (QED) is 0.115. The molecule has 0 saturated heterocycles. The van der Waals surface area contributed by atoms with E-state index in [4.69, 9.17) is 19.9 Å². The number of allylic oxidation sites excluding steroid dienone is 4. The first-order chi connectivity index (χ1) is 53.4. The van der Waals surface area contributed by atoms with E-state index in [2.05, 4.69) is 391 Å². The summed E-state index contributed by atoms with van der Waals surface area (Å²) in [5.41, 5.74) is 32.0. The van der Waals surface area contributed by atoms with Crippen LogP contribution in [0, 0.1) is 0 Å². The molecule has 1 aliphatic heterocycles. The number of nitrogens with zero attached hydrogens (tertiary/aromatic N) is 7. The van der Waals surface area contributed by atoms with Gasteiger partial charge in [0.2, 0.25) is 5.95 Å². The Kier molecular flexibility index (Phi) is 15.8. The Morgan fingerprint density at radius 1 is 0.269 bits per heavy atom. The fourth-order valence-electron chi connectivity index (χ4n) is 16.3. The second-order valence-electron chi connectivity index (χ2n) is 28.1. The maximum atomic E-state index is 5.74. The third-order valence-corrected chi connectivity index (χ3v) is 21.5. The van der Waals surface area contributed by atoms with Crippen molar-refractivity contribution < 1.29 is 0 Å². The van der Waals surface area contributed by atoms with Gasteiger partial charge in [0.25, 0.3) is 0 Å². The van der Waals surface area contributed by atoms with Crippen molar-refractivity contribution in [3.63, 3.8) is 0 Å². The van der Waals surface area contributed by atoms with E-state index in [-0.39, 0.29) is 0 Å². The van der Waals surface area contributed by atoms with Crippen LogP contribution in [0.15, 0.2) is 377 Å². The van der Waals surface area contributed by atoms with Gasteiger partial charge in [-0.15, -0.1) is 0 Å². The van der Waals surface area contributed by atoms with Crippen LogP contribution in [0.2, 0.25) is 0 Å². The van der Waals surface area contributed by atoms with Gasteiger partial charge in [-0.3, -0.25) is 4.57 Å². The van der Waals surface area contributed by atoms with Crippen molar-refractivity contribution in [1.29, 1.82) is 0 Å². The predicted octanol–water partition coefficient (Wildman–Crippen LogP) is 25.5. The molecule has 18 aromatic rings. The number of hydrogen-bond donors (Lipinski definition) is 0. The molecule has 0 amide bonds. The van der Waals surface area contributed by atoms with Crippen LogP contribution < -0.4 is 4.90 Å². The Balaban J connectivity index is 0.861. The van der Waals surface area contributed by atoms with Crippen LogP contribution in [0.1, 0.15) is 16.7 Å². The number of benzene rings is 13. The fourth-order valence-corrected chi connectivity index (χ4v) is 16.3. The minimum atomic E-state index is 0.581. The molecular formula is C101H69N7. The molecule has 0 spiro atoms. The molecule has 0 saturated carbocycles. The summed E-state index contributed by atoms with van der Waals surface area (Å²) < 4.78 is 4.82. The first-order valence-corrected chi connectivity index (χ1v) is 37.0. The summed E-state index contributed by atoms with van der Waals surface area (Å²) in [6.45, 7) is 5.22. The van der Waals surface area contributed by atoms with Crippen molar-refractivity contribution in [2.24, 2.45) is 0 Å². The Hall–Kier alpha value is -14.1. The molecule has 7 nitrogen and oxygen atoms in total. The number of fused-ring (bicyclic) bond motifs is 4. The number of para-hydroxylation sites is 3. The SMILES string of the molecule is C=C1/C=C\C=C/CN(c2cc(-c3cc4c5c6c(cc(-c7cc(-c8cc(-c9ccccc9)cc(-c9ccccc9)n8)cc(-n8c9ccccc9c9ccccc98)c7)cc6n(-c6nc(-c7ccccc7)cc(-c7ccccc7)n6)c5c3)CC4)cc(-c3cc(-c4ccccc4)cc(-c4ccccc4)n3)c2)c2ccccc21. The van der Waals surface area contributed by atoms with Gasteiger partial charge >= 0.3 is 0 Å². The molecule has 6 heterocycles. The van der Waals surface area contributed by atoms with Crippen molar-refractivity contribution >= 4 is 60.6 Å². The lowest BCUT2D eigenvalue weighted by Gasteiger charge is -2.27. The summed E-state index contributed by atoms with van der Waals surface area (Å²) in [5.74, 6) is 0.581. The molecule has 0 bridgehead atoms. The van der Waals surface area contributed by atoms with Crippen LogP contribution in [-0.2, 0) is 12.8 Å². The topological polar surface area (TPSA) is 64.7 Å². The Labute approximate surface area is 627 Å². The highest BCUT2D eigenvalue weighted by molar-refractivity contribution is 6.16. The minimum absolute atomic E-state index is 0.581. The van der Waals surface area contributed by atoms with E-state index in [1.165, 1.54) is 32.7 Å². The van der Waals surface area contributed by atoms with Crippen LogP contribution in [0.5, 0.6) is 0 Å².